The number of benzene rings is 1. The Hall–Kier alpha value is -3.29. The summed E-state index contributed by atoms with van der Waals surface area (Å²) in [6, 6.07) is 7.71. The maximum atomic E-state index is 13.0. The van der Waals surface area contributed by atoms with Gasteiger partial charge in [0.05, 0.1) is 0 Å². The molecule has 2 N–H and O–H groups in total. The Morgan fingerprint density at radius 1 is 1.27 bits per heavy atom. The van der Waals surface area contributed by atoms with E-state index in [2.05, 4.69) is 5.32 Å². The third-order valence-electron chi connectivity index (χ3n) is 5.83. The van der Waals surface area contributed by atoms with Gasteiger partial charge in [-0.2, -0.15) is 0 Å². The third kappa shape index (κ3) is 3.32. The third-order valence-corrected chi connectivity index (χ3v) is 5.83. The summed E-state index contributed by atoms with van der Waals surface area (Å²) in [5.74, 6) is -1.64. The fourth-order valence-corrected chi connectivity index (χ4v) is 4.34. The van der Waals surface area contributed by atoms with Gasteiger partial charge in [0.15, 0.2) is 11.4 Å². The summed E-state index contributed by atoms with van der Waals surface area (Å²) in [6.07, 6.45) is 3.99. The molecule has 3 heterocycles. The number of nitrogens with zero attached hydrogens (tertiary/aromatic N) is 3. The predicted molar refractivity (Wildman–Crippen MR) is 112 cm³/mol. The zero-order valence-electron chi connectivity index (χ0n) is 17.2. The van der Waals surface area contributed by atoms with Crippen molar-refractivity contribution in [1.82, 2.24) is 14.9 Å². The number of fused-ring (bicyclic) bond motifs is 3. The Bertz CT molecular complexity index is 1060. The standard InChI is InChI=1S/C22H26N4O4/c1-3-24-17-9-4-5-10-25(17)26-13-16(19(27)20(28)18(26)22(24)30)21(29)23-12-15-8-6-7-14(2)11-15/h6-8,11,13,17,28H,3-5,9-10,12H2,1-2H3,(H,23,29)/t17-/m0/s1. The largest absolute Gasteiger partial charge is 0.502 e. The molecule has 2 aliphatic rings. The number of pyridine rings is 1. The fraction of sp³-hybridized carbons (Fsp3) is 0.409. The predicted octanol–water partition coefficient (Wildman–Crippen LogP) is 1.72. The summed E-state index contributed by atoms with van der Waals surface area (Å²) in [5.41, 5.74) is 0.905. The molecule has 8 nitrogen and oxygen atoms in total. The number of carbonyl (C=O) groups is 2. The second-order valence-corrected chi connectivity index (χ2v) is 7.82. The van der Waals surface area contributed by atoms with Crippen LogP contribution in [0.25, 0.3) is 0 Å². The molecule has 0 aliphatic carbocycles. The molecule has 2 amide bonds. The molecular formula is C22H26N4O4. The summed E-state index contributed by atoms with van der Waals surface area (Å²) in [4.78, 5) is 40.2. The van der Waals surface area contributed by atoms with Crippen LogP contribution in [0.2, 0.25) is 0 Å². The summed E-state index contributed by atoms with van der Waals surface area (Å²) in [5, 5.41) is 15.3. The van der Waals surface area contributed by atoms with Gasteiger partial charge < -0.3 is 15.3 Å². The Labute approximate surface area is 174 Å². The van der Waals surface area contributed by atoms with E-state index in [1.165, 1.54) is 10.9 Å². The number of carbonyl (C=O) groups excluding carboxylic acids is 2. The van der Waals surface area contributed by atoms with Gasteiger partial charge in [-0.25, -0.2) is 0 Å². The first kappa shape index (κ1) is 20.0. The Balaban J connectivity index is 1.70. The Morgan fingerprint density at radius 2 is 2.07 bits per heavy atom. The van der Waals surface area contributed by atoms with Crippen molar-refractivity contribution in [3.8, 4) is 5.75 Å². The van der Waals surface area contributed by atoms with Crippen LogP contribution >= 0.6 is 0 Å². The number of hydrogen-bond acceptors (Lipinski definition) is 5. The number of nitrogens with one attached hydrogen (secondary N) is 1. The highest BCUT2D eigenvalue weighted by Crippen LogP contribution is 2.29. The van der Waals surface area contributed by atoms with Crippen molar-refractivity contribution in [2.75, 3.05) is 18.1 Å². The van der Waals surface area contributed by atoms with Crippen LogP contribution in [0, 0.1) is 6.92 Å². The van der Waals surface area contributed by atoms with Gasteiger partial charge >= 0.3 is 0 Å². The Morgan fingerprint density at radius 3 is 2.80 bits per heavy atom. The van der Waals surface area contributed by atoms with Gasteiger partial charge in [-0.1, -0.05) is 29.8 Å². The molecule has 0 saturated carbocycles. The van der Waals surface area contributed by atoms with E-state index < -0.39 is 17.1 Å². The molecule has 4 rings (SSSR count). The van der Waals surface area contributed by atoms with Crippen LogP contribution in [0.4, 0.5) is 0 Å². The quantitative estimate of drug-likeness (QED) is 0.800. The maximum Gasteiger partial charge on any atom is 0.278 e. The molecule has 1 saturated heterocycles. The van der Waals surface area contributed by atoms with Gasteiger partial charge in [0.2, 0.25) is 5.43 Å². The van der Waals surface area contributed by atoms with E-state index in [4.69, 9.17) is 0 Å². The van der Waals surface area contributed by atoms with Crippen molar-refractivity contribution in [2.24, 2.45) is 0 Å². The van der Waals surface area contributed by atoms with E-state index in [9.17, 15) is 19.5 Å². The van der Waals surface area contributed by atoms with E-state index in [1.807, 2.05) is 43.1 Å². The first-order chi connectivity index (χ1) is 14.4. The van der Waals surface area contributed by atoms with Gasteiger partial charge in [0.25, 0.3) is 11.8 Å². The second kappa shape index (κ2) is 7.85. The van der Waals surface area contributed by atoms with Crippen molar-refractivity contribution in [3.63, 3.8) is 0 Å². The number of hydrogen-bond donors (Lipinski definition) is 2. The van der Waals surface area contributed by atoms with Crippen molar-refractivity contribution >= 4 is 11.8 Å². The van der Waals surface area contributed by atoms with Crippen LogP contribution < -0.4 is 15.8 Å². The molecule has 0 unspecified atom stereocenters. The van der Waals surface area contributed by atoms with E-state index in [1.54, 1.807) is 4.90 Å². The Kier molecular flexibility index (Phi) is 5.24. The summed E-state index contributed by atoms with van der Waals surface area (Å²) in [6.45, 7) is 5.26. The molecule has 2 aromatic rings. The zero-order valence-corrected chi connectivity index (χ0v) is 17.2. The molecular weight excluding hydrogens is 384 g/mol. The lowest BCUT2D eigenvalue weighted by molar-refractivity contribution is 0.0534. The number of aromatic hydroxyl groups is 1. The van der Waals surface area contributed by atoms with Crippen molar-refractivity contribution in [3.05, 3.63) is 63.1 Å². The molecule has 0 bridgehead atoms. The molecule has 1 aromatic heterocycles. The molecule has 30 heavy (non-hydrogen) atoms. The van der Waals surface area contributed by atoms with Crippen LogP contribution in [0.1, 0.15) is 58.2 Å². The second-order valence-electron chi connectivity index (χ2n) is 7.82. The highest BCUT2D eigenvalue weighted by atomic mass is 16.3. The maximum absolute atomic E-state index is 13.0. The molecule has 1 atom stereocenters. The lowest BCUT2D eigenvalue weighted by Crippen LogP contribution is -2.63. The number of rotatable bonds is 4. The summed E-state index contributed by atoms with van der Waals surface area (Å²) < 4.78 is 1.51. The van der Waals surface area contributed by atoms with Crippen LogP contribution in [0.5, 0.6) is 5.75 Å². The van der Waals surface area contributed by atoms with Crippen LogP contribution in [0.15, 0.2) is 35.3 Å². The first-order valence-electron chi connectivity index (χ1n) is 10.3. The number of aromatic nitrogens is 1. The smallest absolute Gasteiger partial charge is 0.278 e. The molecule has 2 aliphatic heterocycles. The molecule has 1 fully saturated rings. The number of amides is 2. The monoisotopic (exact) mass is 410 g/mol. The lowest BCUT2D eigenvalue weighted by atomic mass is 10.1. The number of aryl methyl sites for hydroxylation is 1. The lowest BCUT2D eigenvalue weighted by Gasteiger charge is -2.48. The van der Waals surface area contributed by atoms with Gasteiger partial charge in [-0.15, -0.1) is 0 Å². The topological polar surface area (TPSA) is 94.9 Å². The zero-order chi connectivity index (χ0) is 21.4. The van der Waals surface area contributed by atoms with Gasteiger partial charge in [0.1, 0.15) is 11.7 Å². The summed E-state index contributed by atoms with van der Waals surface area (Å²) >= 11 is 0. The van der Waals surface area contributed by atoms with E-state index in [0.717, 1.165) is 30.4 Å². The van der Waals surface area contributed by atoms with Crippen LogP contribution in [-0.4, -0.2) is 45.8 Å². The average molecular weight is 410 g/mol. The molecule has 8 heteroatoms. The highest BCUT2D eigenvalue weighted by Gasteiger charge is 2.40. The fourth-order valence-electron chi connectivity index (χ4n) is 4.34. The first-order valence-corrected chi connectivity index (χ1v) is 10.3. The minimum atomic E-state index is -0.831. The van der Waals surface area contributed by atoms with Gasteiger partial charge in [-0.3, -0.25) is 24.1 Å². The van der Waals surface area contributed by atoms with Crippen LogP contribution in [-0.2, 0) is 6.54 Å². The van der Waals surface area contributed by atoms with Crippen LogP contribution in [0.3, 0.4) is 0 Å². The normalized spacial score (nSPS) is 18.1. The minimum absolute atomic E-state index is 0.0739. The SMILES string of the molecule is CCN1C(=O)c2c(O)c(=O)c(C(=O)NCc3cccc(C)c3)cn2N2CCCC[C@@H]12. The van der Waals surface area contributed by atoms with Crippen molar-refractivity contribution in [2.45, 2.75) is 45.8 Å². The van der Waals surface area contributed by atoms with E-state index in [0.29, 0.717) is 13.1 Å². The van der Waals surface area contributed by atoms with Gasteiger partial charge in [-0.05, 0) is 38.7 Å². The number of piperidine rings is 1. The molecule has 0 radical (unpaired) electrons. The molecule has 158 valence electrons. The highest BCUT2D eigenvalue weighted by molar-refractivity contribution is 5.99. The van der Waals surface area contributed by atoms with Crippen molar-refractivity contribution < 1.29 is 14.7 Å². The van der Waals surface area contributed by atoms with E-state index in [-0.39, 0.29) is 29.9 Å². The molecule has 1 aromatic carbocycles. The minimum Gasteiger partial charge on any atom is -0.502 e. The summed E-state index contributed by atoms with van der Waals surface area (Å²) in [7, 11) is 0. The average Bonchev–Trinajstić information content (AvgIpc) is 2.74. The van der Waals surface area contributed by atoms with Crippen molar-refractivity contribution in [1.29, 1.82) is 0 Å². The van der Waals surface area contributed by atoms with Gasteiger partial charge in [0, 0.05) is 25.8 Å². The van der Waals surface area contributed by atoms with E-state index >= 15 is 0 Å². The molecule has 0 spiro atoms.